The van der Waals surface area contributed by atoms with Gasteiger partial charge in [0.05, 0.1) is 18.0 Å². The van der Waals surface area contributed by atoms with Crippen molar-refractivity contribution in [2.24, 2.45) is 0 Å². The number of ether oxygens (including phenoxy) is 2. The van der Waals surface area contributed by atoms with Crippen LogP contribution in [0.15, 0.2) is 53.4 Å². The molecule has 1 N–H and O–H groups in total. The number of carbonyl (C=O) groups is 2. The highest BCUT2D eigenvalue weighted by Gasteiger charge is 2.32. The van der Waals surface area contributed by atoms with Crippen LogP contribution in [0, 0.1) is 5.82 Å². The highest BCUT2D eigenvalue weighted by molar-refractivity contribution is 8.13. The summed E-state index contributed by atoms with van der Waals surface area (Å²) in [4.78, 5) is 29.7. The van der Waals surface area contributed by atoms with Crippen molar-refractivity contribution >= 4 is 31.6 Å². The van der Waals surface area contributed by atoms with Crippen molar-refractivity contribution in [2.45, 2.75) is 89.8 Å². The molecule has 9 nitrogen and oxygen atoms in total. The Morgan fingerprint density at radius 2 is 1.67 bits per heavy atom. The zero-order valence-electron chi connectivity index (χ0n) is 27.9. The van der Waals surface area contributed by atoms with Crippen LogP contribution in [0.3, 0.4) is 0 Å². The van der Waals surface area contributed by atoms with E-state index in [1.54, 1.807) is 7.11 Å². The van der Waals surface area contributed by atoms with Crippen molar-refractivity contribution in [3.63, 3.8) is 0 Å². The summed E-state index contributed by atoms with van der Waals surface area (Å²) in [5.74, 6) is -0.390. The van der Waals surface area contributed by atoms with E-state index in [0.29, 0.717) is 6.42 Å². The van der Waals surface area contributed by atoms with Gasteiger partial charge in [-0.2, -0.15) is 0 Å². The summed E-state index contributed by atoms with van der Waals surface area (Å²) >= 11 is 0. The van der Waals surface area contributed by atoms with Crippen LogP contribution in [-0.4, -0.2) is 88.1 Å². The van der Waals surface area contributed by atoms with Gasteiger partial charge in [0.25, 0.3) is 9.05 Å². The predicted molar refractivity (Wildman–Crippen MR) is 178 cm³/mol. The molecular formula is C33H51ClFN3O6S. The topological polar surface area (TPSA) is 105 Å². The Morgan fingerprint density at radius 1 is 1.07 bits per heavy atom. The third-order valence-corrected chi connectivity index (χ3v) is 8.45. The van der Waals surface area contributed by atoms with Gasteiger partial charge in [-0.1, -0.05) is 45.4 Å². The lowest BCUT2D eigenvalue weighted by molar-refractivity contribution is -0.159. The largest absolute Gasteiger partial charge is 0.497 e. The molecule has 1 amide bonds. The molecule has 0 radical (unpaired) electrons. The Kier molecular flexibility index (Phi) is 17.6. The average molecular weight is 672 g/mol. The quantitative estimate of drug-likeness (QED) is 0.255. The Bertz CT molecular complexity index is 1280. The molecule has 2 aromatic rings. The van der Waals surface area contributed by atoms with E-state index in [2.05, 4.69) is 35.9 Å². The second-order valence-electron chi connectivity index (χ2n) is 11.7. The smallest absolute Gasteiger partial charge is 0.329 e. The number of nitrogens with one attached hydrogen (secondary N) is 1. The minimum atomic E-state index is -3.79. The number of amides is 1. The Morgan fingerprint density at radius 3 is 2.09 bits per heavy atom. The van der Waals surface area contributed by atoms with Crippen LogP contribution in [0.4, 0.5) is 4.39 Å². The van der Waals surface area contributed by atoms with Crippen molar-refractivity contribution in [2.75, 3.05) is 40.3 Å². The highest BCUT2D eigenvalue weighted by atomic mass is 35.7. The third-order valence-electron chi connectivity index (χ3n) is 7.10. The molecular weight excluding hydrogens is 621 g/mol. The van der Waals surface area contributed by atoms with Gasteiger partial charge in [0, 0.05) is 17.1 Å². The molecule has 1 saturated heterocycles. The normalized spacial score (nSPS) is 15.9. The number of esters is 1. The fraction of sp³-hybridized carbons (Fsp3) is 0.576. The zero-order chi connectivity index (χ0) is 34.2. The molecule has 1 fully saturated rings. The van der Waals surface area contributed by atoms with Crippen LogP contribution in [0.1, 0.15) is 66.4 Å². The second kappa shape index (κ2) is 19.7. The fourth-order valence-corrected chi connectivity index (χ4v) is 5.31. The number of hydrogen-bond donors (Lipinski definition) is 1. The lowest BCUT2D eigenvalue weighted by Gasteiger charge is -2.32. The number of rotatable bonds is 10. The second-order valence-corrected chi connectivity index (χ2v) is 14.2. The van der Waals surface area contributed by atoms with Crippen LogP contribution in [0.25, 0.3) is 0 Å². The molecule has 0 saturated carbocycles. The van der Waals surface area contributed by atoms with Gasteiger partial charge in [-0.3, -0.25) is 9.69 Å². The first-order chi connectivity index (χ1) is 21.0. The van der Waals surface area contributed by atoms with Crippen molar-refractivity contribution in [3.05, 3.63) is 59.9 Å². The standard InChI is InChI=1S/C21H32N2O4.C6H4ClFO2S.C6H15N/c1-21(2,3)27-20(25)17(14-15-9-11-16(26-5)12-10-15)22-19(24)18-8-6-7-13-23(18)4;7-11(9,10)6-3-1-2-5(8)4-6;1-4-7(5-2)6-3/h9-12,17-18H,6-8,13-14H2,1-5H3,(H,22,24);1-4H;4-6H2,1-3H3/t17-,18-;;/m0../s1. The summed E-state index contributed by atoms with van der Waals surface area (Å²) in [7, 11) is 4.71. The maximum Gasteiger partial charge on any atom is 0.329 e. The Hall–Kier alpha value is -2.73. The summed E-state index contributed by atoms with van der Waals surface area (Å²) < 4.78 is 44.3. The molecule has 1 aliphatic heterocycles. The SMILES string of the molecule is CCN(CC)CC.COc1ccc(C[C@H](NC(=O)[C@@H]2CCCCN2C)C(=O)OC(C)(C)C)cc1.O=S(=O)(Cl)c1cccc(F)c1. The lowest BCUT2D eigenvalue weighted by atomic mass is 10.0. The van der Waals surface area contributed by atoms with Crippen molar-refractivity contribution < 1.29 is 31.9 Å². The molecule has 0 unspecified atom stereocenters. The third kappa shape index (κ3) is 15.9. The number of piperidine rings is 1. The number of hydrogen-bond acceptors (Lipinski definition) is 8. The van der Waals surface area contributed by atoms with Crippen molar-refractivity contribution in [1.29, 1.82) is 0 Å². The monoisotopic (exact) mass is 671 g/mol. The molecule has 3 rings (SSSR count). The van der Waals surface area contributed by atoms with Gasteiger partial charge in [0.1, 0.15) is 23.2 Å². The average Bonchev–Trinajstić information content (AvgIpc) is 2.97. The first-order valence-corrected chi connectivity index (χ1v) is 17.6. The minimum absolute atomic E-state index is 0.110. The molecule has 2 atom stereocenters. The molecule has 12 heteroatoms. The number of likely N-dealkylation sites (N-methyl/N-ethyl adjacent to an activating group) is 1. The first-order valence-electron chi connectivity index (χ1n) is 15.3. The number of carbonyl (C=O) groups excluding carboxylic acids is 2. The van der Waals surface area contributed by atoms with Crippen LogP contribution in [-0.2, 0) is 29.8 Å². The van der Waals surface area contributed by atoms with Gasteiger partial charge < -0.3 is 19.7 Å². The number of methoxy groups -OCH3 is 1. The summed E-state index contributed by atoms with van der Waals surface area (Å²) in [6, 6.07) is 11.1. The molecule has 2 aromatic carbocycles. The van der Waals surface area contributed by atoms with Crippen LogP contribution >= 0.6 is 10.7 Å². The number of halogens is 2. The van der Waals surface area contributed by atoms with E-state index >= 15 is 0 Å². The summed E-state index contributed by atoms with van der Waals surface area (Å²) in [6.45, 7) is 16.5. The molecule has 254 valence electrons. The molecule has 1 aliphatic rings. The van der Waals surface area contributed by atoms with E-state index < -0.39 is 32.5 Å². The summed E-state index contributed by atoms with van der Waals surface area (Å²) in [6.07, 6.45) is 3.31. The maximum absolute atomic E-state index is 12.8. The van der Waals surface area contributed by atoms with Gasteiger partial charge in [-0.05, 0) is 103 Å². The molecule has 0 bridgehead atoms. The van der Waals surface area contributed by atoms with E-state index in [-0.39, 0.29) is 16.8 Å². The van der Waals surface area contributed by atoms with Gasteiger partial charge in [0.15, 0.2) is 0 Å². The van der Waals surface area contributed by atoms with E-state index in [9.17, 15) is 22.4 Å². The van der Waals surface area contributed by atoms with Gasteiger partial charge in [0.2, 0.25) is 5.91 Å². The number of benzene rings is 2. The van der Waals surface area contributed by atoms with Gasteiger partial charge >= 0.3 is 5.97 Å². The summed E-state index contributed by atoms with van der Waals surface area (Å²) in [5.41, 5.74) is 0.325. The lowest BCUT2D eigenvalue weighted by Crippen LogP contribution is -2.53. The Balaban J connectivity index is 0.000000458. The van der Waals surface area contributed by atoms with Gasteiger partial charge in [-0.25, -0.2) is 17.6 Å². The maximum atomic E-state index is 12.8. The molecule has 45 heavy (non-hydrogen) atoms. The van der Waals surface area contributed by atoms with Gasteiger partial charge in [-0.15, -0.1) is 0 Å². The van der Waals surface area contributed by atoms with E-state index in [1.807, 2.05) is 52.1 Å². The van der Waals surface area contributed by atoms with E-state index in [4.69, 9.17) is 20.2 Å². The van der Waals surface area contributed by atoms with Crippen LogP contribution in [0.5, 0.6) is 5.75 Å². The minimum Gasteiger partial charge on any atom is -0.497 e. The zero-order valence-corrected chi connectivity index (χ0v) is 29.5. The highest BCUT2D eigenvalue weighted by Crippen LogP contribution is 2.18. The van der Waals surface area contributed by atoms with Crippen LogP contribution in [0.2, 0.25) is 0 Å². The molecule has 0 aromatic heterocycles. The van der Waals surface area contributed by atoms with Crippen LogP contribution < -0.4 is 10.1 Å². The summed E-state index contributed by atoms with van der Waals surface area (Å²) in [5, 5.41) is 2.93. The predicted octanol–water partition coefficient (Wildman–Crippen LogP) is 5.65. The number of nitrogens with zero attached hydrogens (tertiary/aromatic N) is 2. The first kappa shape index (κ1) is 40.3. The van der Waals surface area contributed by atoms with E-state index in [1.165, 1.54) is 31.8 Å². The molecule has 0 aliphatic carbocycles. The van der Waals surface area contributed by atoms with Crippen molar-refractivity contribution in [1.82, 2.24) is 15.1 Å². The van der Waals surface area contributed by atoms with E-state index in [0.717, 1.165) is 49.3 Å². The molecule has 0 spiro atoms. The molecule has 1 heterocycles. The fourth-order valence-electron chi connectivity index (χ4n) is 4.53. The number of likely N-dealkylation sites (tertiary alicyclic amines) is 1. The van der Waals surface area contributed by atoms with Crippen molar-refractivity contribution in [3.8, 4) is 5.75 Å². The Labute approximate surface area is 273 Å².